The Labute approximate surface area is 105 Å². The molecule has 18 heavy (non-hydrogen) atoms. The maximum atomic E-state index is 11.6. The van der Waals surface area contributed by atoms with E-state index in [1.165, 1.54) is 0 Å². The van der Waals surface area contributed by atoms with Crippen LogP contribution < -0.4 is 5.32 Å². The van der Waals surface area contributed by atoms with Crippen molar-refractivity contribution in [2.45, 2.75) is 32.0 Å². The summed E-state index contributed by atoms with van der Waals surface area (Å²) in [7, 11) is 0. The van der Waals surface area contributed by atoms with Crippen molar-refractivity contribution in [3.8, 4) is 0 Å². The van der Waals surface area contributed by atoms with E-state index in [1.807, 2.05) is 20.8 Å². The lowest BCUT2D eigenvalue weighted by Gasteiger charge is -2.49. The molecule has 0 aliphatic carbocycles. The molecule has 1 saturated heterocycles. The molecule has 1 aromatic heterocycles. The van der Waals surface area contributed by atoms with E-state index >= 15 is 0 Å². The Morgan fingerprint density at radius 3 is 2.50 bits per heavy atom. The first kappa shape index (κ1) is 12.8. The van der Waals surface area contributed by atoms with Crippen LogP contribution in [0.15, 0.2) is 24.5 Å². The van der Waals surface area contributed by atoms with E-state index in [-0.39, 0.29) is 6.61 Å². The fraction of sp³-hybridized carbons (Fsp3) is 0.500. The topological polar surface area (TPSA) is 69.7 Å². The van der Waals surface area contributed by atoms with Crippen LogP contribution in [0.25, 0.3) is 0 Å². The van der Waals surface area contributed by atoms with Gasteiger partial charge in [0.2, 0.25) is 0 Å². The molecule has 1 amide bonds. The highest BCUT2D eigenvalue weighted by Gasteiger charge is 2.55. The Kier molecular flexibility index (Phi) is 3.23. The van der Waals surface area contributed by atoms with Gasteiger partial charge < -0.3 is 4.74 Å². The van der Waals surface area contributed by atoms with Crippen LogP contribution in [-0.2, 0) is 14.5 Å². The van der Waals surface area contributed by atoms with Crippen molar-refractivity contribution < 1.29 is 19.3 Å². The van der Waals surface area contributed by atoms with E-state index in [2.05, 4.69) is 10.3 Å². The average molecular weight is 252 g/mol. The van der Waals surface area contributed by atoms with Gasteiger partial charge in [0.05, 0.1) is 0 Å². The molecule has 1 unspecified atom stereocenters. The van der Waals surface area contributed by atoms with Crippen molar-refractivity contribution in [3.05, 3.63) is 24.5 Å². The molecular formula is C12H16N2O4. The van der Waals surface area contributed by atoms with E-state index in [9.17, 15) is 4.79 Å². The minimum Gasteiger partial charge on any atom is -0.446 e. The summed E-state index contributed by atoms with van der Waals surface area (Å²) in [4.78, 5) is 25.4. The van der Waals surface area contributed by atoms with Crippen LogP contribution in [0.1, 0.15) is 20.8 Å². The van der Waals surface area contributed by atoms with Gasteiger partial charge in [0.15, 0.2) is 5.60 Å². The van der Waals surface area contributed by atoms with Gasteiger partial charge in [-0.15, -0.1) is 0 Å². The lowest BCUT2D eigenvalue weighted by Crippen LogP contribution is -2.64. The second kappa shape index (κ2) is 4.55. The zero-order chi connectivity index (χ0) is 13.2. The molecule has 1 aliphatic heterocycles. The van der Waals surface area contributed by atoms with Gasteiger partial charge in [0.1, 0.15) is 12.2 Å². The first-order valence-corrected chi connectivity index (χ1v) is 5.64. The number of aromatic nitrogens is 1. The standard InChI is InChI=1S/C12H16N2O4/c1-11(2)12(3,18-17-11)8-16-10(15)14-9-4-6-13-7-5-9/h4-7H,8H2,1-3H3,(H,13,14,15). The molecule has 0 saturated carbocycles. The molecule has 2 heterocycles. The first-order chi connectivity index (χ1) is 8.43. The molecule has 1 aliphatic rings. The van der Waals surface area contributed by atoms with Crippen molar-refractivity contribution in [2.24, 2.45) is 0 Å². The van der Waals surface area contributed by atoms with Gasteiger partial charge in [-0.1, -0.05) is 0 Å². The van der Waals surface area contributed by atoms with Crippen molar-refractivity contribution in [1.29, 1.82) is 0 Å². The summed E-state index contributed by atoms with van der Waals surface area (Å²) < 4.78 is 5.11. The first-order valence-electron chi connectivity index (χ1n) is 5.64. The molecule has 2 rings (SSSR count). The number of amides is 1. The molecule has 0 spiro atoms. The van der Waals surface area contributed by atoms with Crippen LogP contribution in [0.3, 0.4) is 0 Å². The molecule has 1 atom stereocenters. The molecule has 1 N–H and O–H groups in total. The summed E-state index contributed by atoms with van der Waals surface area (Å²) in [5.41, 5.74) is -0.461. The monoisotopic (exact) mass is 252 g/mol. The van der Waals surface area contributed by atoms with Crippen LogP contribution in [-0.4, -0.2) is 28.9 Å². The third kappa shape index (κ3) is 2.44. The minimum absolute atomic E-state index is 0.122. The highest BCUT2D eigenvalue weighted by molar-refractivity contribution is 5.84. The Hall–Kier alpha value is -1.66. The number of anilines is 1. The molecule has 0 radical (unpaired) electrons. The number of nitrogens with one attached hydrogen (secondary N) is 1. The quantitative estimate of drug-likeness (QED) is 0.834. The van der Waals surface area contributed by atoms with Gasteiger partial charge in [-0.3, -0.25) is 10.3 Å². The highest BCUT2D eigenvalue weighted by Crippen LogP contribution is 2.40. The van der Waals surface area contributed by atoms with Gasteiger partial charge in [-0.25, -0.2) is 14.6 Å². The van der Waals surface area contributed by atoms with Gasteiger partial charge >= 0.3 is 6.09 Å². The van der Waals surface area contributed by atoms with E-state index in [0.29, 0.717) is 5.69 Å². The predicted molar refractivity (Wildman–Crippen MR) is 63.9 cm³/mol. The van der Waals surface area contributed by atoms with Crippen LogP contribution >= 0.6 is 0 Å². The van der Waals surface area contributed by atoms with E-state index in [4.69, 9.17) is 14.5 Å². The fourth-order valence-corrected chi connectivity index (χ4v) is 1.34. The molecule has 0 aromatic carbocycles. The molecule has 1 aromatic rings. The van der Waals surface area contributed by atoms with Crippen molar-refractivity contribution in [2.75, 3.05) is 11.9 Å². The SMILES string of the molecule is CC1(C)OOC1(C)COC(=O)Nc1ccncc1. The summed E-state index contributed by atoms with van der Waals surface area (Å²) >= 11 is 0. The van der Waals surface area contributed by atoms with E-state index in [0.717, 1.165) is 0 Å². The number of rotatable bonds is 3. The van der Waals surface area contributed by atoms with Crippen LogP contribution in [0.5, 0.6) is 0 Å². The maximum absolute atomic E-state index is 11.6. The molecule has 0 bridgehead atoms. The van der Waals surface area contributed by atoms with Gasteiger partial charge in [-0.05, 0) is 32.9 Å². The van der Waals surface area contributed by atoms with Gasteiger partial charge in [0.25, 0.3) is 0 Å². The second-order valence-electron chi connectivity index (χ2n) is 4.84. The number of hydrogen-bond donors (Lipinski definition) is 1. The number of nitrogens with zero attached hydrogens (tertiary/aromatic N) is 1. The third-order valence-electron chi connectivity index (χ3n) is 3.11. The number of hydrogen-bond acceptors (Lipinski definition) is 5. The van der Waals surface area contributed by atoms with Crippen LogP contribution in [0, 0.1) is 0 Å². The normalized spacial score (nSPS) is 25.1. The summed E-state index contributed by atoms with van der Waals surface area (Å²) in [6.45, 7) is 5.70. The van der Waals surface area contributed by atoms with Gasteiger partial charge in [-0.2, -0.15) is 0 Å². The summed E-state index contributed by atoms with van der Waals surface area (Å²) in [6, 6.07) is 3.35. The van der Waals surface area contributed by atoms with E-state index in [1.54, 1.807) is 24.5 Å². The van der Waals surface area contributed by atoms with Crippen LogP contribution in [0.4, 0.5) is 10.5 Å². The van der Waals surface area contributed by atoms with Crippen molar-refractivity contribution >= 4 is 11.8 Å². The lowest BCUT2D eigenvalue weighted by atomic mass is 9.86. The van der Waals surface area contributed by atoms with Gasteiger partial charge in [0, 0.05) is 18.1 Å². The Morgan fingerprint density at radius 1 is 1.33 bits per heavy atom. The maximum Gasteiger partial charge on any atom is 0.411 e. The smallest absolute Gasteiger partial charge is 0.411 e. The minimum atomic E-state index is -0.622. The fourth-order valence-electron chi connectivity index (χ4n) is 1.34. The van der Waals surface area contributed by atoms with E-state index < -0.39 is 17.3 Å². The van der Waals surface area contributed by atoms with Crippen LogP contribution in [0.2, 0.25) is 0 Å². The number of carbonyl (C=O) groups excluding carboxylic acids is 1. The molecule has 1 fully saturated rings. The zero-order valence-corrected chi connectivity index (χ0v) is 10.6. The second-order valence-corrected chi connectivity index (χ2v) is 4.84. The molecule has 6 nitrogen and oxygen atoms in total. The summed E-state index contributed by atoms with van der Waals surface area (Å²) in [5.74, 6) is 0. The molecule has 98 valence electrons. The molecular weight excluding hydrogens is 236 g/mol. The summed E-state index contributed by atoms with van der Waals surface area (Å²) in [5, 5.41) is 2.59. The third-order valence-corrected chi connectivity index (χ3v) is 3.11. The van der Waals surface area contributed by atoms with Crippen molar-refractivity contribution in [3.63, 3.8) is 0 Å². The number of ether oxygens (including phenoxy) is 1. The Balaban J connectivity index is 1.83. The number of pyridine rings is 1. The average Bonchev–Trinajstić information content (AvgIpc) is 2.36. The van der Waals surface area contributed by atoms with Crippen molar-refractivity contribution in [1.82, 2.24) is 4.98 Å². The zero-order valence-electron chi connectivity index (χ0n) is 10.6. The Morgan fingerprint density at radius 2 is 2.00 bits per heavy atom. The largest absolute Gasteiger partial charge is 0.446 e. The summed E-state index contributed by atoms with van der Waals surface area (Å²) in [6.07, 6.45) is 2.64. The lowest BCUT2D eigenvalue weighted by molar-refractivity contribution is -0.543. The highest BCUT2D eigenvalue weighted by atomic mass is 17.3. The predicted octanol–water partition coefficient (Wildman–Crippen LogP) is 2.13. The Bertz CT molecular complexity index is 435. The number of carbonyl (C=O) groups is 1. The molecule has 6 heteroatoms.